The number of hydrogen-bond donors (Lipinski definition) is 0. The van der Waals surface area contributed by atoms with Crippen LogP contribution in [0.25, 0.3) is 143 Å². The molecule has 0 aliphatic carbocycles. The Morgan fingerprint density at radius 1 is 0.247 bits per heavy atom. The average Bonchev–Trinajstić information content (AvgIpc) is 3.71. The van der Waals surface area contributed by atoms with Crippen molar-refractivity contribution >= 4 is 64.6 Å². The highest BCUT2D eigenvalue weighted by atomic mass is 16.1. The lowest BCUT2D eigenvalue weighted by Gasteiger charge is -2.18. The summed E-state index contributed by atoms with van der Waals surface area (Å²) >= 11 is 0. The number of rotatable bonds is 7. The Morgan fingerprint density at radius 2 is 0.623 bits per heavy atom. The van der Waals surface area contributed by atoms with Crippen molar-refractivity contribution in [3.63, 3.8) is 0 Å². The highest BCUT2D eigenvalue weighted by Crippen LogP contribution is 2.45. The molecule has 77 heavy (non-hydrogen) atoms. The van der Waals surface area contributed by atoms with E-state index in [2.05, 4.69) is 133 Å². The number of nitrogens with zero attached hydrogens (tertiary/aromatic N) is 3. The van der Waals surface area contributed by atoms with Crippen molar-refractivity contribution in [3.05, 3.63) is 281 Å². The van der Waals surface area contributed by atoms with Gasteiger partial charge in [0.15, 0.2) is 10.9 Å². The molecule has 3 aromatic heterocycles. The molecule has 0 saturated carbocycles. The summed E-state index contributed by atoms with van der Waals surface area (Å²) in [4.78, 5) is 44.4. The van der Waals surface area contributed by atoms with Crippen LogP contribution in [-0.4, -0.2) is 15.0 Å². The third-order valence-electron chi connectivity index (χ3n) is 15.3. The second-order valence-corrected chi connectivity index (χ2v) is 19.7. The Labute approximate surface area is 443 Å². The summed E-state index contributed by atoms with van der Waals surface area (Å²) in [5, 5.41) is 9.87. The van der Waals surface area contributed by atoms with Crippen molar-refractivity contribution in [2.75, 3.05) is 0 Å². The standard InChI is InChI=1S/C72H45N3O2/c1-44-38-45(66-26-8-11-35-73-66)29-32-51(44)55-17-3-2-16-52(55)48-39-49(53-22-14-24-62-69(53)58-33-30-46(67-27-9-12-36-74-67)42-64(58)56-18-4-6-20-60(56)71(62)76)41-50(40-48)54-23-15-25-63-70(54)59-34-31-47(68-28-10-13-37-75-68)43-65(59)57-19-5-7-21-61(57)72(63)77/h2-43H,1H3. The van der Waals surface area contributed by atoms with Crippen LogP contribution in [0.4, 0.5) is 0 Å². The largest absolute Gasteiger partial charge is 0.289 e. The van der Waals surface area contributed by atoms with Crippen LogP contribution in [-0.2, 0) is 0 Å². The van der Waals surface area contributed by atoms with E-state index in [9.17, 15) is 0 Å². The molecule has 5 nitrogen and oxygen atoms in total. The maximum absolute atomic E-state index is 15.2. The zero-order valence-electron chi connectivity index (χ0n) is 41.9. The highest BCUT2D eigenvalue weighted by molar-refractivity contribution is 6.23. The topological polar surface area (TPSA) is 72.8 Å². The zero-order chi connectivity index (χ0) is 51.6. The fraction of sp³-hybridized carbons (Fsp3) is 0.0139. The third-order valence-corrected chi connectivity index (χ3v) is 15.3. The van der Waals surface area contributed by atoms with Gasteiger partial charge in [-0.1, -0.05) is 164 Å². The van der Waals surface area contributed by atoms with E-state index in [-0.39, 0.29) is 10.9 Å². The first-order valence-corrected chi connectivity index (χ1v) is 25.9. The van der Waals surface area contributed by atoms with Crippen molar-refractivity contribution < 1.29 is 0 Å². The van der Waals surface area contributed by atoms with Crippen LogP contribution in [0.2, 0.25) is 0 Å². The molecular weight excluding hydrogens is 939 g/mol. The summed E-state index contributed by atoms with van der Waals surface area (Å²) in [5.41, 5.74) is 14.6. The first-order chi connectivity index (χ1) is 37.9. The zero-order valence-corrected chi connectivity index (χ0v) is 41.9. The molecular formula is C72H45N3O2. The van der Waals surface area contributed by atoms with Crippen LogP contribution in [0, 0.1) is 6.92 Å². The molecule has 0 fully saturated rings. The summed E-state index contributed by atoms with van der Waals surface area (Å²) in [6.45, 7) is 2.16. The summed E-state index contributed by atoms with van der Waals surface area (Å²) in [6.07, 6.45) is 5.45. The van der Waals surface area contributed by atoms with Gasteiger partial charge < -0.3 is 0 Å². The summed E-state index contributed by atoms with van der Waals surface area (Å²) in [7, 11) is 0. The van der Waals surface area contributed by atoms with Crippen molar-refractivity contribution in [3.8, 4) is 78.3 Å². The van der Waals surface area contributed by atoms with Gasteiger partial charge in [0, 0.05) is 67.6 Å². The molecule has 14 aromatic rings. The molecule has 360 valence electrons. The van der Waals surface area contributed by atoms with Crippen LogP contribution < -0.4 is 10.9 Å². The van der Waals surface area contributed by atoms with Gasteiger partial charge in [0.25, 0.3) is 0 Å². The van der Waals surface area contributed by atoms with Crippen molar-refractivity contribution in [2.24, 2.45) is 0 Å². The number of aromatic nitrogens is 3. The Morgan fingerprint density at radius 3 is 1.08 bits per heavy atom. The van der Waals surface area contributed by atoms with E-state index in [0.717, 1.165) is 127 Å². The predicted molar refractivity (Wildman–Crippen MR) is 320 cm³/mol. The molecule has 3 heterocycles. The quantitative estimate of drug-likeness (QED) is 0.159. The molecule has 0 unspecified atom stereocenters. The van der Waals surface area contributed by atoms with Gasteiger partial charge in [-0.25, -0.2) is 0 Å². The smallest absolute Gasteiger partial charge is 0.194 e. The van der Waals surface area contributed by atoms with Crippen LogP contribution in [0.5, 0.6) is 0 Å². The summed E-state index contributed by atoms with van der Waals surface area (Å²) in [6, 6.07) is 80.9. The van der Waals surface area contributed by atoms with Gasteiger partial charge in [-0.3, -0.25) is 24.5 Å². The molecule has 0 atom stereocenters. The lowest BCUT2D eigenvalue weighted by atomic mass is 9.86. The predicted octanol–water partition coefficient (Wildman–Crippen LogP) is 17.5. The highest BCUT2D eigenvalue weighted by Gasteiger charge is 2.21. The number of hydrogen-bond acceptors (Lipinski definition) is 5. The molecule has 0 aliphatic rings. The molecule has 0 aliphatic heterocycles. The third kappa shape index (κ3) is 7.75. The molecule has 5 heteroatoms. The fourth-order valence-electron chi connectivity index (χ4n) is 11.7. The van der Waals surface area contributed by atoms with Crippen molar-refractivity contribution in [2.45, 2.75) is 6.92 Å². The Balaban J connectivity index is 1.09. The molecule has 14 rings (SSSR count). The summed E-state index contributed by atoms with van der Waals surface area (Å²) < 4.78 is 0. The van der Waals surface area contributed by atoms with Crippen LogP contribution in [0.1, 0.15) is 5.56 Å². The van der Waals surface area contributed by atoms with Gasteiger partial charge >= 0.3 is 0 Å². The first-order valence-electron chi connectivity index (χ1n) is 25.9. The molecule has 0 saturated heterocycles. The van der Waals surface area contributed by atoms with E-state index < -0.39 is 0 Å². The van der Waals surface area contributed by atoms with E-state index >= 15 is 9.59 Å². The Kier molecular flexibility index (Phi) is 11.0. The van der Waals surface area contributed by atoms with Crippen molar-refractivity contribution in [1.29, 1.82) is 0 Å². The van der Waals surface area contributed by atoms with E-state index in [1.807, 2.05) is 134 Å². The van der Waals surface area contributed by atoms with E-state index in [1.165, 1.54) is 0 Å². The first kappa shape index (κ1) is 45.4. The molecule has 0 bridgehead atoms. The maximum Gasteiger partial charge on any atom is 0.194 e. The number of pyridine rings is 3. The molecule has 11 aromatic carbocycles. The van der Waals surface area contributed by atoms with Gasteiger partial charge in [0.05, 0.1) is 17.1 Å². The molecule has 0 spiro atoms. The van der Waals surface area contributed by atoms with E-state index in [4.69, 9.17) is 9.97 Å². The lowest BCUT2D eigenvalue weighted by Crippen LogP contribution is -1.99. The monoisotopic (exact) mass is 983 g/mol. The number of benzene rings is 9. The van der Waals surface area contributed by atoms with Gasteiger partial charge in [-0.15, -0.1) is 0 Å². The summed E-state index contributed by atoms with van der Waals surface area (Å²) in [5.74, 6) is 0. The van der Waals surface area contributed by atoms with Gasteiger partial charge in [0.1, 0.15) is 0 Å². The van der Waals surface area contributed by atoms with Gasteiger partial charge in [0.2, 0.25) is 0 Å². The Hall–Kier alpha value is -10.2. The minimum Gasteiger partial charge on any atom is -0.289 e. The minimum absolute atomic E-state index is 0.0347. The molecule has 0 N–H and O–H groups in total. The normalized spacial score (nSPS) is 11.5. The Bertz CT molecular complexity index is 4610. The lowest BCUT2D eigenvalue weighted by molar-refractivity contribution is 1.32. The van der Waals surface area contributed by atoms with E-state index in [1.54, 1.807) is 0 Å². The number of fused-ring (bicyclic) bond motifs is 10. The SMILES string of the molecule is Cc1cc(-c2ccccn2)ccc1-c1ccccc1-c1cc(-c2cccc3c(=O)c4ccccc4c4cc(-c5ccccn5)ccc4c23)cc(-c2cccc3c(=O)c4ccccc4c4cc(-c5ccccn5)ccc4c23)c1. The number of aryl methyl sites for hydroxylation is 1. The van der Waals surface area contributed by atoms with Crippen LogP contribution >= 0.6 is 0 Å². The second kappa shape index (κ2) is 18.6. The molecule has 0 radical (unpaired) electrons. The van der Waals surface area contributed by atoms with Crippen molar-refractivity contribution in [1.82, 2.24) is 15.0 Å². The average molecular weight is 984 g/mol. The molecule has 0 amide bonds. The van der Waals surface area contributed by atoms with Gasteiger partial charge in [-0.2, -0.15) is 0 Å². The fourth-order valence-corrected chi connectivity index (χ4v) is 11.7. The van der Waals surface area contributed by atoms with E-state index in [0.29, 0.717) is 21.5 Å². The minimum atomic E-state index is -0.0347. The van der Waals surface area contributed by atoms with Crippen LogP contribution in [0.15, 0.2) is 265 Å². The van der Waals surface area contributed by atoms with Gasteiger partial charge in [-0.05, 0) is 162 Å². The van der Waals surface area contributed by atoms with Crippen LogP contribution in [0.3, 0.4) is 0 Å². The maximum atomic E-state index is 15.2. The second-order valence-electron chi connectivity index (χ2n) is 19.7.